The van der Waals surface area contributed by atoms with E-state index in [9.17, 15) is 4.79 Å². The molecule has 2 aromatic rings. The minimum absolute atomic E-state index is 0.0609. The van der Waals surface area contributed by atoms with Gasteiger partial charge in [0.15, 0.2) is 0 Å². The normalized spacial score (nSPS) is 20.6. The van der Waals surface area contributed by atoms with Gasteiger partial charge in [-0.1, -0.05) is 41.9 Å². The second-order valence-corrected chi connectivity index (χ2v) is 6.89. The second kappa shape index (κ2) is 5.57. The highest BCUT2D eigenvalue weighted by atomic mass is 35.5. The minimum Gasteiger partial charge on any atom is -0.313 e. The second-order valence-electron chi connectivity index (χ2n) is 6.45. The van der Waals surface area contributed by atoms with Crippen LogP contribution in [-0.4, -0.2) is 24.5 Å². The Balaban J connectivity index is 1.87. The van der Waals surface area contributed by atoms with E-state index in [1.807, 2.05) is 48.3 Å². The number of urea groups is 1. The van der Waals surface area contributed by atoms with Crippen LogP contribution in [0.3, 0.4) is 0 Å². The van der Waals surface area contributed by atoms with Crippen LogP contribution in [0.4, 0.5) is 10.5 Å². The molecule has 0 N–H and O–H groups in total. The number of hydrogen-bond acceptors (Lipinski definition) is 1. The Morgan fingerprint density at radius 2 is 1.87 bits per heavy atom. The lowest BCUT2D eigenvalue weighted by molar-refractivity contribution is 0.184. The van der Waals surface area contributed by atoms with Gasteiger partial charge >= 0.3 is 6.03 Å². The Hall–Kier alpha value is -2.00. The summed E-state index contributed by atoms with van der Waals surface area (Å²) >= 11 is 6.26. The van der Waals surface area contributed by atoms with Crippen molar-refractivity contribution in [2.24, 2.45) is 5.92 Å². The highest BCUT2D eigenvalue weighted by molar-refractivity contribution is 6.30. The highest BCUT2D eigenvalue weighted by Crippen LogP contribution is 2.43. The van der Waals surface area contributed by atoms with Gasteiger partial charge in [-0.2, -0.15) is 0 Å². The summed E-state index contributed by atoms with van der Waals surface area (Å²) in [6.07, 6.45) is 2.44. The maximum atomic E-state index is 12.9. The number of anilines is 1. The van der Waals surface area contributed by atoms with E-state index in [0.29, 0.717) is 10.9 Å². The molecular weight excluding hydrogens is 308 g/mol. The van der Waals surface area contributed by atoms with Gasteiger partial charge in [0.2, 0.25) is 0 Å². The van der Waals surface area contributed by atoms with E-state index in [1.165, 1.54) is 12.8 Å². The molecule has 2 aliphatic rings. The fraction of sp³-hybridized carbons (Fsp3) is 0.316. The zero-order valence-electron chi connectivity index (χ0n) is 13.1. The fourth-order valence-electron chi connectivity index (χ4n) is 3.38. The van der Waals surface area contributed by atoms with Gasteiger partial charge in [-0.3, -0.25) is 4.90 Å². The molecule has 0 bridgehead atoms. The number of halogens is 1. The first-order chi connectivity index (χ1) is 11.1. The van der Waals surface area contributed by atoms with Gasteiger partial charge in [0, 0.05) is 24.2 Å². The zero-order chi connectivity index (χ0) is 16.0. The first-order valence-electron chi connectivity index (χ1n) is 8.04. The van der Waals surface area contributed by atoms with Crippen LogP contribution in [0.5, 0.6) is 0 Å². The van der Waals surface area contributed by atoms with E-state index < -0.39 is 0 Å². The van der Waals surface area contributed by atoms with E-state index in [2.05, 4.69) is 12.1 Å². The molecule has 4 rings (SSSR count). The molecule has 1 heterocycles. The summed E-state index contributed by atoms with van der Waals surface area (Å²) < 4.78 is 0. The molecule has 0 radical (unpaired) electrons. The Morgan fingerprint density at radius 1 is 1.13 bits per heavy atom. The summed E-state index contributed by atoms with van der Waals surface area (Å²) in [4.78, 5) is 16.7. The van der Waals surface area contributed by atoms with Crippen molar-refractivity contribution in [1.82, 2.24) is 4.90 Å². The third kappa shape index (κ3) is 2.59. The van der Waals surface area contributed by atoms with Gasteiger partial charge in [-0.15, -0.1) is 0 Å². The lowest BCUT2D eigenvalue weighted by atomic mass is 9.93. The van der Waals surface area contributed by atoms with Gasteiger partial charge in [0.1, 0.15) is 0 Å². The number of nitrogens with zero attached hydrogens (tertiary/aromatic N) is 2. The predicted octanol–water partition coefficient (Wildman–Crippen LogP) is 4.71. The summed E-state index contributed by atoms with van der Waals surface area (Å²) in [5.74, 6) is 0.638. The van der Waals surface area contributed by atoms with Crippen molar-refractivity contribution >= 4 is 23.3 Å². The summed E-state index contributed by atoms with van der Waals surface area (Å²) in [7, 11) is 1.84. The highest BCUT2D eigenvalue weighted by Gasteiger charge is 2.39. The maximum absolute atomic E-state index is 12.9. The van der Waals surface area contributed by atoms with Crippen molar-refractivity contribution in [2.45, 2.75) is 18.9 Å². The van der Waals surface area contributed by atoms with Gasteiger partial charge in [0.25, 0.3) is 0 Å². The SMILES string of the molecule is CN1C(=O)N(CC2CC2)C(c2ccccc2)c2cc(Cl)ccc21. The molecule has 0 spiro atoms. The Kier molecular flexibility index (Phi) is 3.53. The zero-order valence-corrected chi connectivity index (χ0v) is 13.8. The molecule has 1 aliphatic heterocycles. The Labute approximate surface area is 141 Å². The van der Waals surface area contributed by atoms with Crippen LogP contribution < -0.4 is 4.90 Å². The molecule has 2 amide bonds. The van der Waals surface area contributed by atoms with Crippen LogP contribution in [0.1, 0.15) is 30.0 Å². The van der Waals surface area contributed by atoms with Crippen molar-refractivity contribution in [3.8, 4) is 0 Å². The predicted molar refractivity (Wildman–Crippen MR) is 93.0 cm³/mol. The van der Waals surface area contributed by atoms with E-state index in [-0.39, 0.29) is 12.1 Å². The van der Waals surface area contributed by atoms with Crippen molar-refractivity contribution in [2.75, 3.05) is 18.5 Å². The molecule has 4 heteroatoms. The number of amides is 2. The lowest BCUT2D eigenvalue weighted by Gasteiger charge is -2.42. The molecule has 1 atom stereocenters. The molecule has 1 fully saturated rings. The van der Waals surface area contributed by atoms with Gasteiger partial charge < -0.3 is 4.90 Å². The number of benzene rings is 2. The van der Waals surface area contributed by atoms with Crippen molar-refractivity contribution < 1.29 is 4.79 Å². The van der Waals surface area contributed by atoms with Crippen LogP contribution in [0.25, 0.3) is 0 Å². The summed E-state index contributed by atoms with van der Waals surface area (Å²) in [6.45, 7) is 0.814. The monoisotopic (exact) mass is 326 g/mol. The van der Waals surface area contributed by atoms with E-state index in [1.54, 1.807) is 4.90 Å². The summed E-state index contributed by atoms with van der Waals surface area (Å²) in [5.41, 5.74) is 3.19. The first kappa shape index (κ1) is 14.6. The quantitative estimate of drug-likeness (QED) is 0.801. The maximum Gasteiger partial charge on any atom is 0.325 e. The first-order valence-corrected chi connectivity index (χ1v) is 8.41. The standard InChI is InChI=1S/C19H19ClN2O/c1-21-17-10-9-15(20)11-16(17)18(14-5-3-2-4-6-14)22(19(21)23)12-13-7-8-13/h2-6,9-11,13,18H,7-8,12H2,1H3. The number of carbonyl (C=O) groups excluding carboxylic acids is 1. The van der Waals surface area contributed by atoms with E-state index >= 15 is 0 Å². The topological polar surface area (TPSA) is 23.6 Å². The van der Waals surface area contributed by atoms with Crippen LogP contribution in [0.2, 0.25) is 5.02 Å². The van der Waals surface area contributed by atoms with E-state index in [4.69, 9.17) is 11.6 Å². The van der Waals surface area contributed by atoms with Crippen molar-refractivity contribution in [1.29, 1.82) is 0 Å². The molecule has 118 valence electrons. The minimum atomic E-state index is -0.0609. The number of fused-ring (bicyclic) bond motifs is 1. The van der Waals surface area contributed by atoms with Crippen LogP contribution in [0, 0.1) is 5.92 Å². The molecule has 1 saturated carbocycles. The van der Waals surface area contributed by atoms with Crippen LogP contribution >= 0.6 is 11.6 Å². The Morgan fingerprint density at radius 3 is 2.57 bits per heavy atom. The average molecular weight is 327 g/mol. The molecule has 1 aliphatic carbocycles. The molecule has 1 unspecified atom stereocenters. The van der Waals surface area contributed by atoms with Crippen LogP contribution in [-0.2, 0) is 0 Å². The van der Waals surface area contributed by atoms with Gasteiger partial charge in [0.05, 0.1) is 11.7 Å². The molecular formula is C19H19ClN2O. The number of rotatable bonds is 3. The lowest BCUT2D eigenvalue weighted by Crippen LogP contribution is -2.48. The van der Waals surface area contributed by atoms with E-state index in [0.717, 1.165) is 23.4 Å². The molecule has 23 heavy (non-hydrogen) atoms. The third-order valence-corrected chi connectivity index (χ3v) is 4.99. The molecule has 0 aromatic heterocycles. The molecule has 0 saturated heterocycles. The number of carbonyl (C=O) groups is 1. The van der Waals surface area contributed by atoms with Crippen LogP contribution in [0.15, 0.2) is 48.5 Å². The Bertz CT molecular complexity index is 742. The average Bonchev–Trinajstić information content (AvgIpc) is 3.37. The fourth-order valence-corrected chi connectivity index (χ4v) is 3.56. The largest absolute Gasteiger partial charge is 0.325 e. The number of hydrogen-bond donors (Lipinski definition) is 0. The molecule has 2 aromatic carbocycles. The summed E-state index contributed by atoms with van der Waals surface area (Å²) in [6, 6.07) is 16.0. The summed E-state index contributed by atoms with van der Waals surface area (Å²) in [5, 5.41) is 0.707. The van der Waals surface area contributed by atoms with Crippen molar-refractivity contribution in [3.63, 3.8) is 0 Å². The van der Waals surface area contributed by atoms with Gasteiger partial charge in [-0.05, 0) is 42.5 Å². The van der Waals surface area contributed by atoms with Crippen molar-refractivity contribution in [3.05, 3.63) is 64.7 Å². The van der Waals surface area contributed by atoms with Gasteiger partial charge in [-0.25, -0.2) is 4.79 Å². The smallest absolute Gasteiger partial charge is 0.313 e. The third-order valence-electron chi connectivity index (χ3n) is 4.76. The molecule has 3 nitrogen and oxygen atoms in total.